The van der Waals surface area contributed by atoms with E-state index in [0.717, 1.165) is 23.6 Å². The lowest BCUT2D eigenvalue weighted by Crippen LogP contribution is -2.38. The van der Waals surface area contributed by atoms with E-state index in [4.69, 9.17) is 0 Å². The zero-order valence-electron chi connectivity index (χ0n) is 13.1. The maximum absolute atomic E-state index is 10.2. The van der Waals surface area contributed by atoms with Crippen molar-refractivity contribution >= 4 is 5.82 Å². The maximum Gasteiger partial charge on any atom is 0.161 e. The molecule has 2 aromatic rings. The van der Waals surface area contributed by atoms with Crippen LogP contribution in [-0.4, -0.2) is 64.3 Å². The van der Waals surface area contributed by atoms with Crippen molar-refractivity contribution in [2.45, 2.75) is 19.1 Å². The van der Waals surface area contributed by atoms with Crippen LogP contribution in [0.5, 0.6) is 0 Å². The van der Waals surface area contributed by atoms with Crippen molar-refractivity contribution in [3.05, 3.63) is 36.3 Å². The minimum absolute atomic E-state index is 0.125. The van der Waals surface area contributed by atoms with Gasteiger partial charge in [0.15, 0.2) is 5.82 Å². The van der Waals surface area contributed by atoms with E-state index >= 15 is 0 Å². The van der Waals surface area contributed by atoms with E-state index in [0.29, 0.717) is 12.4 Å². The minimum Gasteiger partial charge on any atom is -0.390 e. The molecule has 1 N–H and O–H groups in total. The van der Waals surface area contributed by atoms with Crippen LogP contribution in [0.1, 0.15) is 5.69 Å². The average molecular weight is 299 g/mol. The quantitative estimate of drug-likeness (QED) is 0.910. The maximum atomic E-state index is 10.2. The molecule has 0 spiro atoms. The molecule has 1 saturated heterocycles. The minimum atomic E-state index is -0.366. The summed E-state index contributed by atoms with van der Waals surface area (Å²) in [5, 5.41) is 10.2. The third-order valence-corrected chi connectivity index (χ3v) is 4.03. The van der Waals surface area contributed by atoms with Crippen LogP contribution in [-0.2, 0) is 0 Å². The van der Waals surface area contributed by atoms with Crippen LogP contribution in [0.25, 0.3) is 11.4 Å². The Balaban J connectivity index is 1.91. The Labute approximate surface area is 130 Å². The second-order valence-corrected chi connectivity index (χ2v) is 5.93. The van der Waals surface area contributed by atoms with Gasteiger partial charge in [0.2, 0.25) is 0 Å². The predicted molar refractivity (Wildman–Crippen MR) is 85.7 cm³/mol. The first-order valence-electron chi connectivity index (χ1n) is 7.40. The summed E-state index contributed by atoms with van der Waals surface area (Å²) in [5.74, 6) is 1.56. The first kappa shape index (κ1) is 14.9. The van der Waals surface area contributed by atoms with Gasteiger partial charge in [-0.2, -0.15) is 0 Å². The van der Waals surface area contributed by atoms with Crippen LogP contribution in [0.2, 0.25) is 0 Å². The zero-order valence-corrected chi connectivity index (χ0v) is 13.1. The molecule has 3 rings (SSSR count). The van der Waals surface area contributed by atoms with Crippen LogP contribution >= 0.6 is 0 Å². The number of β-amino-alcohol motifs (C(OH)–C–C–N with tert-alkyl or cyclic N) is 1. The first-order valence-corrected chi connectivity index (χ1v) is 7.40. The van der Waals surface area contributed by atoms with Crippen molar-refractivity contribution in [3.63, 3.8) is 0 Å². The fourth-order valence-electron chi connectivity index (χ4n) is 2.81. The molecule has 0 aliphatic carbocycles. The van der Waals surface area contributed by atoms with E-state index in [2.05, 4.69) is 24.8 Å². The summed E-state index contributed by atoms with van der Waals surface area (Å²) in [6.45, 7) is 3.32. The number of anilines is 1. The number of aliphatic hydroxyl groups excluding tert-OH is 1. The van der Waals surface area contributed by atoms with E-state index in [9.17, 15) is 5.11 Å². The van der Waals surface area contributed by atoms with Gasteiger partial charge < -0.3 is 14.9 Å². The van der Waals surface area contributed by atoms with E-state index < -0.39 is 0 Å². The summed E-state index contributed by atoms with van der Waals surface area (Å²) < 4.78 is 0. The smallest absolute Gasteiger partial charge is 0.161 e. The highest BCUT2D eigenvalue weighted by atomic mass is 16.3. The van der Waals surface area contributed by atoms with Crippen molar-refractivity contribution in [1.82, 2.24) is 19.9 Å². The SMILES string of the molecule is Cc1cc(N2C[C@H](O)[C@@H](N(C)C)C2)nc(-c2ccncc2)n1. The van der Waals surface area contributed by atoms with Gasteiger partial charge in [0.25, 0.3) is 0 Å². The molecule has 6 heteroatoms. The van der Waals surface area contributed by atoms with Crippen molar-refractivity contribution < 1.29 is 5.11 Å². The van der Waals surface area contributed by atoms with Gasteiger partial charge in [-0.1, -0.05) is 0 Å². The number of aliphatic hydroxyl groups is 1. The normalized spacial score (nSPS) is 21.6. The highest BCUT2D eigenvalue weighted by molar-refractivity contribution is 5.57. The Kier molecular flexibility index (Phi) is 4.04. The van der Waals surface area contributed by atoms with E-state index in [1.165, 1.54) is 0 Å². The molecule has 0 aromatic carbocycles. The molecular weight excluding hydrogens is 278 g/mol. The van der Waals surface area contributed by atoms with Crippen LogP contribution in [0, 0.1) is 6.92 Å². The molecule has 0 amide bonds. The van der Waals surface area contributed by atoms with Crippen LogP contribution < -0.4 is 4.90 Å². The molecule has 1 fully saturated rings. The van der Waals surface area contributed by atoms with Gasteiger partial charge in [0, 0.05) is 42.8 Å². The van der Waals surface area contributed by atoms with E-state index in [1.54, 1.807) is 12.4 Å². The fraction of sp³-hybridized carbons (Fsp3) is 0.438. The molecule has 0 saturated carbocycles. The van der Waals surface area contributed by atoms with Gasteiger partial charge in [0.1, 0.15) is 5.82 Å². The second-order valence-electron chi connectivity index (χ2n) is 5.93. The van der Waals surface area contributed by atoms with Gasteiger partial charge in [-0.15, -0.1) is 0 Å². The van der Waals surface area contributed by atoms with Crippen LogP contribution in [0.4, 0.5) is 5.82 Å². The fourth-order valence-corrected chi connectivity index (χ4v) is 2.81. The Hall–Kier alpha value is -2.05. The second kappa shape index (κ2) is 5.98. The summed E-state index contributed by atoms with van der Waals surface area (Å²) in [6, 6.07) is 5.90. The van der Waals surface area contributed by atoms with Crippen molar-refractivity contribution in [1.29, 1.82) is 0 Å². The highest BCUT2D eigenvalue weighted by Gasteiger charge is 2.33. The number of nitrogens with zero attached hydrogens (tertiary/aromatic N) is 5. The number of hydrogen-bond acceptors (Lipinski definition) is 6. The van der Waals surface area contributed by atoms with Crippen molar-refractivity contribution in [2.75, 3.05) is 32.1 Å². The number of pyridine rings is 1. The number of likely N-dealkylation sites (N-methyl/N-ethyl adjacent to an activating group) is 1. The summed E-state index contributed by atoms with van der Waals surface area (Å²) >= 11 is 0. The lowest BCUT2D eigenvalue weighted by Gasteiger charge is -2.22. The largest absolute Gasteiger partial charge is 0.390 e. The molecular formula is C16H21N5O. The zero-order chi connectivity index (χ0) is 15.7. The van der Waals surface area contributed by atoms with E-state index in [-0.39, 0.29) is 12.1 Å². The van der Waals surface area contributed by atoms with Crippen LogP contribution in [0.15, 0.2) is 30.6 Å². The summed E-state index contributed by atoms with van der Waals surface area (Å²) in [7, 11) is 3.98. The van der Waals surface area contributed by atoms with Gasteiger partial charge >= 0.3 is 0 Å². The molecule has 1 aliphatic heterocycles. The Morgan fingerprint density at radius 2 is 1.91 bits per heavy atom. The molecule has 6 nitrogen and oxygen atoms in total. The van der Waals surface area contributed by atoms with Gasteiger partial charge in [-0.05, 0) is 33.2 Å². The lowest BCUT2D eigenvalue weighted by atomic mass is 10.2. The Morgan fingerprint density at radius 3 is 2.55 bits per heavy atom. The average Bonchev–Trinajstić information content (AvgIpc) is 2.90. The molecule has 22 heavy (non-hydrogen) atoms. The molecule has 2 atom stereocenters. The lowest BCUT2D eigenvalue weighted by molar-refractivity contribution is 0.114. The molecule has 2 aromatic heterocycles. The topological polar surface area (TPSA) is 65.4 Å². The van der Waals surface area contributed by atoms with Gasteiger partial charge in [-0.25, -0.2) is 9.97 Å². The summed E-state index contributed by atoms with van der Waals surface area (Å²) in [6.07, 6.45) is 3.11. The predicted octanol–water partition coefficient (Wildman–Crippen LogP) is 0.958. The standard InChI is InChI=1S/C16H21N5O/c1-11-8-15(21-9-13(20(2)3)14(22)10-21)19-16(18-11)12-4-6-17-7-5-12/h4-8,13-14,22H,9-10H2,1-3H3/t13-,14-/m0/s1. The van der Waals surface area contributed by atoms with Crippen molar-refractivity contribution in [3.8, 4) is 11.4 Å². The molecule has 3 heterocycles. The monoisotopic (exact) mass is 299 g/mol. The number of aryl methyl sites for hydroxylation is 1. The number of rotatable bonds is 3. The summed E-state index contributed by atoms with van der Waals surface area (Å²) in [4.78, 5) is 17.4. The highest BCUT2D eigenvalue weighted by Crippen LogP contribution is 2.24. The van der Waals surface area contributed by atoms with Crippen LogP contribution in [0.3, 0.4) is 0 Å². The molecule has 0 bridgehead atoms. The summed E-state index contributed by atoms with van der Waals surface area (Å²) in [5.41, 5.74) is 1.86. The molecule has 0 unspecified atom stereocenters. The van der Waals surface area contributed by atoms with Crippen molar-refractivity contribution in [2.24, 2.45) is 0 Å². The Morgan fingerprint density at radius 1 is 1.18 bits per heavy atom. The first-order chi connectivity index (χ1) is 10.5. The number of hydrogen-bond donors (Lipinski definition) is 1. The molecule has 116 valence electrons. The third kappa shape index (κ3) is 2.93. The Bertz CT molecular complexity index is 646. The molecule has 1 aliphatic rings. The molecule has 0 radical (unpaired) electrons. The number of aromatic nitrogens is 3. The third-order valence-electron chi connectivity index (χ3n) is 4.03. The van der Waals surface area contributed by atoms with Gasteiger partial charge in [-0.3, -0.25) is 4.98 Å². The van der Waals surface area contributed by atoms with E-state index in [1.807, 2.05) is 39.2 Å². The van der Waals surface area contributed by atoms with Gasteiger partial charge in [0.05, 0.1) is 12.1 Å².